The molecule has 1 aliphatic heterocycles. The third-order valence-electron chi connectivity index (χ3n) is 0.779. The summed E-state index contributed by atoms with van der Waals surface area (Å²) in [5, 5.41) is 16.6. The van der Waals surface area contributed by atoms with Crippen LogP contribution in [0.5, 0.6) is 0 Å². The highest BCUT2D eigenvalue weighted by molar-refractivity contribution is 5.86. The zero-order valence-electron chi connectivity index (χ0n) is 4.39. The monoisotopic (exact) mass is 125 g/mol. The maximum Gasteiger partial charge on any atom is 0.354 e. The largest absolute Gasteiger partial charge is 0.354 e. The van der Waals surface area contributed by atoms with Crippen LogP contribution in [-0.4, -0.2) is 17.4 Å². The number of hydrogen-bond donors (Lipinski definition) is 0. The van der Waals surface area contributed by atoms with Crippen molar-refractivity contribution in [3.05, 3.63) is 21.9 Å². The molecule has 5 heteroatoms. The van der Waals surface area contributed by atoms with Crippen molar-refractivity contribution in [3.63, 3.8) is 0 Å². The van der Waals surface area contributed by atoms with Crippen molar-refractivity contribution in [2.24, 2.45) is 5.10 Å². The third kappa shape index (κ3) is 1.18. The van der Waals surface area contributed by atoms with Crippen LogP contribution in [0.4, 0.5) is 0 Å². The summed E-state index contributed by atoms with van der Waals surface area (Å²) in [6, 6.07) is 0. The molecule has 0 aromatic rings. The van der Waals surface area contributed by atoms with Gasteiger partial charge in [0.15, 0.2) is 0 Å². The normalized spacial score (nSPS) is 15.3. The first-order valence-electron chi connectivity index (χ1n) is 2.22. The summed E-state index contributed by atoms with van der Waals surface area (Å²) in [5.74, 6) is 0. The van der Waals surface area contributed by atoms with E-state index in [0.717, 1.165) is 6.21 Å². The van der Waals surface area contributed by atoms with Crippen LogP contribution in [0.2, 0.25) is 0 Å². The molecule has 0 aromatic carbocycles. The lowest BCUT2D eigenvalue weighted by atomic mass is 10.4. The van der Waals surface area contributed by atoms with Crippen LogP contribution in [0.3, 0.4) is 0 Å². The molecule has 1 rings (SSSR count). The van der Waals surface area contributed by atoms with Crippen LogP contribution in [0.25, 0.3) is 0 Å². The predicted molar refractivity (Wildman–Crippen MR) is 31.8 cm³/mol. The lowest BCUT2D eigenvalue weighted by Gasteiger charge is -1.81. The smallest absolute Gasteiger partial charge is 0.258 e. The highest BCUT2D eigenvalue weighted by Gasteiger charge is 2.14. The zero-order valence-corrected chi connectivity index (χ0v) is 4.39. The Morgan fingerprint density at radius 2 is 2.56 bits per heavy atom. The summed E-state index contributed by atoms with van der Waals surface area (Å²) in [7, 11) is 0. The summed E-state index contributed by atoms with van der Waals surface area (Å²) in [6.07, 6.45) is 3.66. The van der Waals surface area contributed by atoms with Crippen molar-refractivity contribution in [2.45, 2.75) is 0 Å². The minimum Gasteiger partial charge on any atom is -0.258 e. The van der Waals surface area contributed by atoms with Gasteiger partial charge in [-0.05, 0) is 0 Å². The van der Waals surface area contributed by atoms with Gasteiger partial charge in [0.05, 0.1) is 10.0 Å². The van der Waals surface area contributed by atoms with Crippen molar-refractivity contribution in [2.75, 3.05) is 0 Å². The first kappa shape index (κ1) is 5.61. The Balaban J connectivity index is 2.84. The second-order valence-electron chi connectivity index (χ2n) is 1.36. The zero-order chi connectivity index (χ0) is 6.69. The fourth-order valence-electron chi connectivity index (χ4n) is 0.392. The van der Waals surface area contributed by atoms with E-state index in [1.807, 2.05) is 0 Å². The van der Waals surface area contributed by atoms with Crippen LogP contribution in [0.15, 0.2) is 16.9 Å². The quantitative estimate of drug-likeness (QED) is 0.352. The van der Waals surface area contributed by atoms with Crippen LogP contribution in [0, 0.1) is 10.1 Å². The number of nitro groups is 1. The number of hydrogen-bond acceptors (Lipinski definition) is 4. The molecule has 9 heavy (non-hydrogen) atoms. The van der Waals surface area contributed by atoms with Crippen LogP contribution in [-0.2, 0) is 0 Å². The van der Waals surface area contributed by atoms with Crippen molar-refractivity contribution >= 4 is 12.4 Å². The molecule has 0 atom stereocenters. The Morgan fingerprint density at radius 3 is 2.89 bits per heavy atom. The standard InChI is InChI=1S/C4H3N3O2/c8-7(9)4-1-2-5-6-3-4/h1-3H/q+1. The molecule has 0 aliphatic carbocycles. The van der Waals surface area contributed by atoms with Crippen LogP contribution >= 0.6 is 0 Å². The maximum atomic E-state index is 9.94. The minimum absolute atomic E-state index is 0.0370. The molecular formula is C4H3N3O2+. The van der Waals surface area contributed by atoms with E-state index in [1.165, 1.54) is 12.3 Å². The third-order valence-corrected chi connectivity index (χ3v) is 0.779. The lowest BCUT2D eigenvalue weighted by Crippen LogP contribution is -2.05. The summed E-state index contributed by atoms with van der Waals surface area (Å²) in [5.41, 5.74) is -0.0370. The molecule has 0 saturated heterocycles. The molecule has 0 saturated carbocycles. The van der Waals surface area contributed by atoms with Gasteiger partial charge in [-0.15, -0.1) is 0 Å². The second-order valence-corrected chi connectivity index (χ2v) is 1.36. The van der Waals surface area contributed by atoms with Gasteiger partial charge >= 0.3 is 11.9 Å². The van der Waals surface area contributed by atoms with Gasteiger partial charge in [0.25, 0.3) is 0 Å². The van der Waals surface area contributed by atoms with Crippen LogP contribution in [0.1, 0.15) is 0 Å². The SMILES string of the molecule is O=[N+]([O-])C1=CC=N[N+]=C1. The molecule has 0 fully saturated rings. The Hall–Kier alpha value is -1.52. The Kier molecular flexibility index (Phi) is 1.35. The van der Waals surface area contributed by atoms with Crippen molar-refractivity contribution in [1.29, 1.82) is 0 Å². The van der Waals surface area contributed by atoms with Gasteiger partial charge in [-0.1, -0.05) is 0 Å². The number of allylic oxidation sites excluding steroid dienone is 2. The molecule has 0 bridgehead atoms. The van der Waals surface area contributed by atoms with Crippen LogP contribution < -0.4 is 5.10 Å². The van der Waals surface area contributed by atoms with Gasteiger partial charge in [-0.25, -0.2) is 0 Å². The van der Waals surface area contributed by atoms with Crippen molar-refractivity contribution in [3.8, 4) is 0 Å². The fraction of sp³-hybridized carbons (Fsp3) is 0. The van der Waals surface area contributed by atoms with Gasteiger partial charge in [0, 0.05) is 6.08 Å². The Morgan fingerprint density at radius 1 is 1.78 bits per heavy atom. The number of nitrogens with zero attached hydrogens (tertiary/aromatic N) is 3. The van der Waals surface area contributed by atoms with Gasteiger partial charge in [-0.3, -0.25) is 10.1 Å². The highest BCUT2D eigenvalue weighted by atomic mass is 16.6. The molecule has 1 aliphatic rings. The van der Waals surface area contributed by atoms with E-state index in [1.54, 1.807) is 0 Å². The van der Waals surface area contributed by atoms with Crippen molar-refractivity contribution < 1.29 is 4.92 Å². The Labute approximate surface area is 50.6 Å². The fourth-order valence-corrected chi connectivity index (χ4v) is 0.392. The molecule has 5 nitrogen and oxygen atoms in total. The first-order chi connectivity index (χ1) is 4.30. The molecule has 0 N–H and O–H groups in total. The molecular weight excluding hydrogens is 122 g/mol. The van der Waals surface area contributed by atoms with E-state index in [9.17, 15) is 10.1 Å². The molecule has 0 amide bonds. The van der Waals surface area contributed by atoms with Gasteiger partial charge in [0.1, 0.15) is 6.21 Å². The predicted octanol–water partition coefficient (Wildman–Crippen LogP) is -0.447. The van der Waals surface area contributed by atoms with E-state index in [0.29, 0.717) is 0 Å². The average molecular weight is 125 g/mol. The molecule has 0 aromatic heterocycles. The van der Waals surface area contributed by atoms with Gasteiger partial charge in [-0.2, -0.15) is 0 Å². The second kappa shape index (κ2) is 2.17. The molecule has 45 valence electrons. The highest BCUT2D eigenvalue weighted by Crippen LogP contribution is 1.89. The van der Waals surface area contributed by atoms with E-state index in [-0.39, 0.29) is 5.70 Å². The van der Waals surface area contributed by atoms with E-state index in [4.69, 9.17) is 0 Å². The van der Waals surface area contributed by atoms with Gasteiger partial charge in [0.2, 0.25) is 5.10 Å². The van der Waals surface area contributed by atoms with E-state index in [2.05, 4.69) is 10.2 Å². The van der Waals surface area contributed by atoms with E-state index < -0.39 is 4.92 Å². The Bertz CT molecular complexity index is 216. The average Bonchev–Trinajstić information content (AvgIpc) is 1.90. The molecule has 0 unspecified atom stereocenters. The number of rotatable bonds is 1. The van der Waals surface area contributed by atoms with Gasteiger partial charge < -0.3 is 0 Å². The molecule has 0 spiro atoms. The minimum atomic E-state index is -0.519. The lowest BCUT2D eigenvalue weighted by molar-refractivity contribution is -0.414. The maximum absolute atomic E-state index is 9.94. The van der Waals surface area contributed by atoms with E-state index >= 15 is 0 Å². The molecule has 1 heterocycles. The molecule has 1 radical (unpaired) electrons. The topological polar surface area (TPSA) is 69.6 Å². The summed E-state index contributed by atoms with van der Waals surface area (Å²) in [4.78, 5) is 9.42. The summed E-state index contributed by atoms with van der Waals surface area (Å²) < 4.78 is 0. The summed E-state index contributed by atoms with van der Waals surface area (Å²) in [6.45, 7) is 0. The summed E-state index contributed by atoms with van der Waals surface area (Å²) >= 11 is 0. The van der Waals surface area contributed by atoms with Crippen molar-refractivity contribution in [1.82, 2.24) is 5.10 Å². The first-order valence-corrected chi connectivity index (χ1v) is 2.22.